The minimum absolute atomic E-state index is 0.578. The molecule has 0 radical (unpaired) electrons. The smallest absolute Gasteiger partial charge is 0.100 e. The largest absolute Gasteiger partial charge is 0.309 e. The number of hydrogen-bond acceptors (Lipinski definition) is 2. The molecule has 0 spiro atoms. The number of aryl methyl sites for hydroxylation is 6. The number of pyridine rings is 1. The number of rotatable bonds is 9. The van der Waals surface area contributed by atoms with Crippen LogP contribution in [0.4, 0.5) is 0 Å². The fourth-order valence-corrected chi connectivity index (χ4v) is 15.9. The van der Waals surface area contributed by atoms with Crippen molar-refractivity contribution in [2.75, 3.05) is 0 Å². The maximum atomic E-state index is 12.6. The number of benzene rings is 13. The van der Waals surface area contributed by atoms with Gasteiger partial charge in [-0.15, -0.1) is 0 Å². The third-order valence-corrected chi connectivity index (χ3v) is 20.0. The van der Waals surface area contributed by atoms with E-state index in [1.165, 1.54) is 65.3 Å². The Labute approximate surface area is 556 Å². The molecule has 18 aromatic rings. The van der Waals surface area contributed by atoms with Crippen molar-refractivity contribution in [2.45, 2.75) is 41.5 Å². The number of fused-ring (bicyclic) bond motifs is 12. The average molecular weight is 1230 g/mol. The molecule has 454 valence electrons. The molecular formula is C90H64N6. The van der Waals surface area contributed by atoms with E-state index in [0.29, 0.717) is 5.56 Å². The summed E-state index contributed by atoms with van der Waals surface area (Å²) in [6.07, 6.45) is 0. The first-order valence-corrected chi connectivity index (χ1v) is 33.1. The molecule has 0 aliphatic rings. The zero-order valence-corrected chi connectivity index (χ0v) is 54.2. The molecule has 0 amide bonds. The molecular weight excluding hydrogens is 1170 g/mol. The van der Waals surface area contributed by atoms with E-state index in [0.717, 1.165) is 134 Å². The molecule has 0 aliphatic carbocycles. The summed E-state index contributed by atoms with van der Waals surface area (Å²) in [6, 6.07) is 106. The molecule has 18 rings (SSSR count). The molecule has 0 bridgehead atoms. The second-order valence-electron chi connectivity index (χ2n) is 26.2. The normalized spacial score (nSPS) is 11.8. The van der Waals surface area contributed by atoms with Crippen LogP contribution in [0.25, 0.3) is 166 Å². The van der Waals surface area contributed by atoms with Crippen LogP contribution in [0.2, 0.25) is 0 Å². The van der Waals surface area contributed by atoms with Gasteiger partial charge in [0.2, 0.25) is 0 Å². The first kappa shape index (κ1) is 56.5. The van der Waals surface area contributed by atoms with E-state index in [2.05, 4.69) is 345 Å². The lowest BCUT2D eigenvalue weighted by Crippen LogP contribution is -2.04. The van der Waals surface area contributed by atoms with Gasteiger partial charge < -0.3 is 18.3 Å². The molecule has 0 N–H and O–H groups in total. The molecule has 0 saturated carbocycles. The van der Waals surface area contributed by atoms with Gasteiger partial charge in [-0.1, -0.05) is 168 Å². The minimum atomic E-state index is 0.578. The third-order valence-electron chi connectivity index (χ3n) is 20.0. The van der Waals surface area contributed by atoms with E-state index in [1.807, 2.05) is 0 Å². The fraction of sp³-hybridized carbons (Fsp3) is 0.0667. The van der Waals surface area contributed by atoms with Gasteiger partial charge in [0.15, 0.2) is 0 Å². The van der Waals surface area contributed by atoms with Gasteiger partial charge in [-0.3, -0.25) is 4.98 Å². The van der Waals surface area contributed by atoms with Crippen molar-refractivity contribution < 1.29 is 0 Å². The predicted octanol–water partition coefficient (Wildman–Crippen LogP) is 23.5. The number of para-hydroxylation sites is 4. The number of nitrogens with zero attached hydrogens (tertiary/aromatic N) is 6. The summed E-state index contributed by atoms with van der Waals surface area (Å²) in [6.45, 7) is 12.8. The predicted molar refractivity (Wildman–Crippen MR) is 402 cm³/mol. The molecule has 6 heteroatoms. The highest BCUT2D eigenvalue weighted by molar-refractivity contribution is 6.15. The van der Waals surface area contributed by atoms with Crippen LogP contribution < -0.4 is 0 Å². The summed E-state index contributed by atoms with van der Waals surface area (Å²) in [5.74, 6) is 0. The number of nitriles is 1. The van der Waals surface area contributed by atoms with Gasteiger partial charge in [0.05, 0.1) is 49.7 Å². The Morgan fingerprint density at radius 1 is 0.240 bits per heavy atom. The summed E-state index contributed by atoms with van der Waals surface area (Å²) < 4.78 is 9.56. The first-order valence-electron chi connectivity index (χ1n) is 33.1. The van der Waals surface area contributed by atoms with E-state index in [1.54, 1.807) is 0 Å². The molecule has 0 fully saturated rings. The minimum Gasteiger partial charge on any atom is -0.309 e. The van der Waals surface area contributed by atoms with Crippen LogP contribution in [0.1, 0.15) is 39.2 Å². The maximum Gasteiger partial charge on any atom is 0.100 e. The van der Waals surface area contributed by atoms with Gasteiger partial charge in [-0.2, -0.15) is 5.26 Å². The summed E-state index contributed by atoms with van der Waals surface area (Å²) >= 11 is 0. The SMILES string of the molecule is Cc1ccc2c(c1)c1ccccc1n2-c1ccc(-c2c(C#N)c(-c3cc(C)nc(C)c3)c(-c3ccc(-n4c5ccccc5c5cc(C)ccc54)cc3)c(-c3ccc(-n4c5ccccc5c5cc(C)ccc54)cc3)c2-c2ccc(-n3c4ccccc4c4cc(C)ccc43)cc2)cc1. The lowest BCUT2D eigenvalue weighted by Gasteiger charge is -2.27. The van der Waals surface area contributed by atoms with Gasteiger partial charge in [-0.05, 0) is 220 Å². The zero-order chi connectivity index (χ0) is 64.6. The van der Waals surface area contributed by atoms with E-state index in [4.69, 9.17) is 4.98 Å². The topological polar surface area (TPSA) is 56.4 Å². The van der Waals surface area contributed by atoms with Gasteiger partial charge in [-0.25, -0.2) is 0 Å². The summed E-state index contributed by atoms with van der Waals surface area (Å²) in [5, 5.41) is 22.3. The van der Waals surface area contributed by atoms with E-state index in [9.17, 15) is 5.26 Å². The van der Waals surface area contributed by atoms with Crippen molar-refractivity contribution >= 4 is 87.2 Å². The second kappa shape index (κ2) is 21.9. The fourth-order valence-electron chi connectivity index (χ4n) is 15.9. The van der Waals surface area contributed by atoms with Crippen LogP contribution in [0.15, 0.2) is 279 Å². The van der Waals surface area contributed by atoms with Crippen molar-refractivity contribution in [2.24, 2.45) is 0 Å². The van der Waals surface area contributed by atoms with Crippen molar-refractivity contribution in [3.05, 3.63) is 318 Å². The summed E-state index contributed by atoms with van der Waals surface area (Å²) in [7, 11) is 0. The van der Waals surface area contributed by atoms with Crippen LogP contribution in [0, 0.1) is 52.9 Å². The quantitative estimate of drug-likeness (QED) is 0.145. The Morgan fingerprint density at radius 2 is 0.479 bits per heavy atom. The summed E-state index contributed by atoms with van der Waals surface area (Å²) in [4.78, 5) is 4.98. The molecule has 13 aromatic carbocycles. The number of hydrogen-bond donors (Lipinski definition) is 0. The van der Waals surface area contributed by atoms with Crippen LogP contribution in [-0.2, 0) is 0 Å². The lowest BCUT2D eigenvalue weighted by molar-refractivity contribution is 1.12. The second-order valence-corrected chi connectivity index (χ2v) is 26.2. The third kappa shape index (κ3) is 8.81. The Balaban J connectivity index is 0.949. The average Bonchev–Trinajstić information content (AvgIpc) is 1.02. The van der Waals surface area contributed by atoms with E-state index >= 15 is 0 Å². The molecule has 0 unspecified atom stereocenters. The Kier molecular flexibility index (Phi) is 12.9. The lowest BCUT2D eigenvalue weighted by atomic mass is 9.75. The van der Waals surface area contributed by atoms with Crippen molar-refractivity contribution in [1.29, 1.82) is 5.26 Å². The van der Waals surface area contributed by atoms with Gasteiger partial charge >= 0.3 is 0 Å². The zero-order valence-electron chi connectivity index (χ0n) is 54.2. The number of aromatic nitrogens is 5. The van der Waals surface area contributed by atoms with Crippen molar-refractivity contribution in [3.8, 4) is 84.5 Å². The monoisotopic (exact) mass is 1230 g/mol. The Morgan fingerprint density at radius 3 is 0.760 bits per heavy atom. The summed E-state index contributed by atoms with van der Waals surface area (Å²) in [5.41, 5.74) is 30.0. The molecule has 96 heavy (non-hydrogen) atoms. The molecule has 6 nitrogen and oxygen atoms in total. The van der Waals surface area contributed by atoms with Crippen molar-refractivity contribution in [1.82, 2.24) is 23.3 Å². The van der Waals surface area contributed by atoms with Crippen LogP contribution in [0.5, 0.6) is 0 Å². The first-order chi connectivity index (χ1) is 47.0. The highest BCUT2D eigenvalue weighted by Crippen LogP contribution is 2.54. The highest BCUT2D eigenvalue weighted by atomic mass is 15.0. The van der Waals surface area contributed by atoms with Crippen LogP contribution in [-0.4, -0.2) is 23.3 Å². The molecule has 0 aliphatic heterocycles. The standard InChI is InChI=1S/C90H64N6/c1-54-23-43-82-73(47-54)69-15-7-11-19-78(69)93(82)65-35-27-60(28-36-65)86-77(53-91)87(64-51-58(5)92-59(6)52-64)89(62-31-39-67(40-32-62)95-80-21-13-9-17-71(80)75-49-56(3)25-45-84(75)95)90(63-33-41-68(42-34-63)96-81-22-14-10-18-72(81)76-50-57(4)26-46-85(76)96)88(86)61-29-37-66(38-30-61)94-79-20-12-8-16-70(79)74-48-55(2)24-44-83(74)94/h7-52H,1-6H3. The Bertz CT molecular complexity index is 6280. The highest BCUT2D eigenvalue weighted by Gasteiger charge is 2.30. The Hall–Kier alpha value is -12.3. The molecule has 0 saturated heterocycles. The molecule has 5 aromatic heterocycles. The van der Waals surface area contributed by atoms with Gasteiger partial charge in [0, 0.05) is 88.4 Å². The van der Waals surface area contributed by atoms with Crippen LogP contribution >= 0.6 is 0 Å². The van der Waals surface area contributed by atoms with E-state index < -0.39 is 0 Å². The maximum absolute atomic E-state index is 12.6. The van der Waals surface area contributed by atoms with E-state index in [-0.39, 0.29) is 0 Å². The molecule has 5 heterocycles. The van der Waals surface area contributed by atoms with Gasteiger partial charge in [0.1, 0.15) is 6.07 Å². The van der Waals surface area contributed by atoms with Crippen molar-refractivity contribution in [3.63, 3.8) is 0 Å². The van der Waals surface area contributed by atoms with Crippen LogP contribution in [0.3, 0.4) is 0 Å². The molecule has 0 atom stereocenters. The van der Waals surface area contributed by atoms with Gasteiger partial charge in [0.25, 0.3) is 0 Å².